The van der Waals surface area contributed by atoms with Crippen molar-refractivity contribution in [2.45, 2.75) is 6.92 Å². The Kier molecular flexibility index (Phi) is 2.70. The lowest BCUT2D eigenvalue weighted by Gasteiger charge is -2.06. The summed E-state index contributed by atoms with van der Waals surface area (Å²) in [6.07, 6.45) is 1.36. The van der Waals surface area contributed by atoms with E-state index in [1.807, 2.05) is 0 Å². The Hall–Kier alpha value is -2.50. The van der Waals surface area contributed by atoms with Gasteiger partial charge >= 0.3 is 5.97 Å². The van der Waals surface area contributed by atoms with E-state index < -0.39 is 5.97 Å². The van der Waals surface area contributed by atoms with E-state index in [4.69, 9.17) is 4.84 Å². The minimum Gasteiger partial charge on any atom is -0.492 e. The van der Waals surface area contributed by atoms with Gasteiger partial charge in [-0.3, -0.25) is 4.98 Å². The van der Waals surface area contributed by atoms with Gasteiger partial charge in [0, 0.05) is 24.0 Å². The van der Waals surface area contributed by atoms with Gasteiger partial charge in [0.2, 0.25) is 11.8 Å². The summed E-state index contributed by atoms with van der Waals surface area (Å²) in [5.74, 6) is -1.45. The van der Waals surface area contributed by atoms with Gasteiger partial charge in [-0.2, -0.15) is 0 Å². The van der Waals surface area contributed by atoms with Crippen molar-refractivity contribution in [3.63, 3.8) is 0 Å². The summed E-state index contributed by atoms with van der Waals surface area (Å²) in [7, 11) is 0. The zero-order valence-electron chi connectivity index (χ0n) is 8.99. The van der Waals surface area contributed by atoms with Crippen LogP contribution in [-0.2, 0) is 0 Å². The molecule has 0 fully saturated rings. The van der Waals surface area contributed by atoms with Crippen LogP contribution in [0.3, 0.4) is 0 Å². The van der Waals surface area contributed by atoms with Crippen LogP contribution in [0, 0.1) is 6.92 Å². The smallest absolute Gasteiger partial charge is 0.365 e. The molecule has 2 rings (SSSR count). The number of hydrogen-bond donors (Lipinski definition) is 2. The van der Waals surface area contributed by atoms with Gasteiger partial charge in [-0.15, -0.1) is 4.73 Å². The molecule has 2 aromatic heterocycles. The normalized spacial score (nSPS) is 10.2. The number of aromatic nitrogens is 2. The summed E-state index contributed by atoms with van der Waals surface area (Å²) < 4.78 is 0.627. The molecule has 0 radical (unpaired) electrons. The van der Waals surface area contributed by atoms with Gasteiger partial charge in [0.15, 0.2) is 0 Å². The third kappa shape index (κ3) is 2.20. The first-order valence-corrected chi connectivity index (χ1v) is 4.83. The molecule has 2 aromatic rings. The molecule has 0 bridgehead atoms. The van der Waals surface area contributed by atoms with Gasteiger partial charge in [-0.05, 0) is 19.1 Å². The van der Waals surface area contributed by atoms with Crippen molar-refractivity contribution in [1.82, 2.24) is 9.71 Å². The van der Waals surface area contributed by atoms with E-state index in [-0.39, 0.29) is 17.3 Å². The van der Waals surface area contributed by atoms with Crippen LogP contribution in [0.2, 0.25) is 0 Å². The highest BCUT2D eigenvalue weighted by molar-refractivity contribution is 5.89. The molecule has 0 saturated heterocycles. The quantitative estimate of drug-likeness (QED) is 0.805. The third-order valence-electron chi connectivity index (χ3n) is 2.12. The first-order chi connectivity index (χ1) is 8.08. The van der Waals surface area contributed by atoms with Gasteiger partial charge in [0.25, 0.3) is 0 Å². The first-order valence-electron chi connectivity index (χ1n) is 4.83. The van der Waals surface area contributed by atoms with Crippen LogP contribution in [0.5, 0.6) is 11.8 Å². The molecule has 2 heterocycles. The number of hydrogen-bond acceptors (Lipinski definition) is 5. The molecule has 0 unspecified atom stereocenters. The van der Waals surface area contributed by atoms with Crippen molar-refractivity contribution >= 4 is 5.97 Å². The van der Waals surface area contributed by atoms with E-state index >= 15 is 0 Å². The molecule has 0 aliphatic heterocycles. The van der Waals surface area contributed by atoms with Crippen LogP contribution in [0.15, 0.2) is 30.5 Å². The van der Waals surface area contributed by atoms with Gasteiger partial charge in [0.05, 0.1) is 5.56 Å². The van der Waals surface area contributed by atoms with Crippen LogP contribution in [0.1, 0.15) is 16.1 Å². The molecule has 0 saturated carbocycles. The van der Waals surface area contributed by atoms with Crippen LogP contribution < -0.4 is 4.84 Å². The number of carbonyl (C=O) groups excluding carboxylic acids is 1. The zero-order valence-corrected chi connectivity index (χ0v) is 8.99. The largest absolute Gasteiger partial charge is 0.492 e. The number of rotatable bonds is 2. The lowest BCUT2D eigenvalue weighted by Crippen LogP contribution is -2.19. The average Bonchev–Trinajstić information content (AvgIpc) is 2.61. The minimum atomic E-state index is -0.723. The second-order valence-corrected chi connectivity index (χ2v) is 3.41. The van der Waals surface area contributed by atoms with Crippen molar-refractivity contribution in [2.75, 3.05) is 0 Å². The predicted molar refractivity (Wildman–Crippen MR) is 57.6 cm³/mol. The number of carbonyl (C=O) groups is 1. The highest BCUT2D eigenvalue weighted by Gasteiger charge is 2.14. The summed E-state index contributed by atoms with van der Waals surface area (Å²) in [6.45, 7) is 1.79. The molecule has 0 atom stereocenters. The molecule has 6 heteroatoms. The first kappa shape index (κ1) is 11.0. The second-order valence-electron chi connectivity index (χ2n) is 3.41. The fraction of sp³-hybridized carbons (Fsp3) is 0.0909. The van der Waals surface area contributed by atoms with Crippen LogP contribution in [0.4, 0.5) is 0 Å². The van der Waals surface area contributed by atoms with Crippen molar-refractivity contribution in [1.29, 1.82) is 0 Å². The van der Waals surface area contributed by atoms with Crippen molar-refractivity contribution in [3.8, 4) is 11.8 Å². The molecule has 0 aromatic carbocycles. The van der Waals surface area contributed by atoms with Crippen LogP contribution in [-0.4, -0.2) is 25.9 Å². The fourth-order valence-corrected chi connectivity index (χ4v) is 1.22. The monoisotopic (exact) mass is 234 g/mol. The molecule has 2 N–H and O–H groups in total. The molecule has 88 valence electrons. The summed E-state index contributed by atoms with van der Waals surface area (Å²) >= 11 is 0. The summed E-state index contributed by atoms with van der Waals surface area (Å²) in [6, 6.07) is 5.61. The van der Waals surface area contributed by atoms with E-state index in [0.29, 0.717) is 4.73 Å². The second kappa shape index (κ2) is 4.17. The van der Waals surface area contributed by atoms with E-state index in [2.05, 4.69) is 4.98 Å². The van der Waals surface area contributed by atoms with Crippen LogP contribution >= 0.6 is 0 Å². The minimum absolute atomic E-state index is 0.225. The lowest BCUT2D eigenvalue weighted by molar-refractivity contribution is 0.0381. The van der Waals surface area contributed by atoms with Gasteiger partial charge < -0.3 is 15.1 Å². The zero-order chi connectivity index (χ0) is 12.4. The van der Waals surface area contributed by atoms with E-state index in [0.717, 1.165) is 5.69 Å². The van der Waals surface area contributed by atoms with Crippen LogP contribution in [0.25, 0.3) is 0 Å². The fourth-order valence-electron chi connectivity index (χ4n) is 1.22. The van der Waals surface area contributed by atoms with Crippen molar-refractivity contribution in [3.05, 3.63) is 41.7 Å². The Bertz CT molecular complexity index is 526. The Morgan fingerprint density at radius 2 is 1.88 bits per heavy atom. The maximum atomic E-state index is 11.6. The summed E-state index contributed by atoms with van der Waals surface area (Å²) in [5.41, 5.74) is 0.997. The average molecular weight is 234 g/mol. The Morgan fingerprint density at radius 1 is 1.24 bits per heavy atom. The van der Waals surface area contributed by atoms with E-state index in [1.54, 1.807) is 19.1 Å². The number of pyridine rings is 1. The topological polar surface area (TPSA) is 84.6 Å². The molecule has 0 aliphatic carbocycles. The van der Waals surface area contributed by atoms with Gasteiger partial charge in [-0.25, -0.2) is 4.79 Å². The molecule has 6 nitrogen and oxygen atoms in total. The predicted octanol–water partition coefficient (Wildman–Crippen LogP) is 0.872. The standard InChI is InChI=1S/C11H10N2O4/c1-7-2-3-8(6-12-7)11(16)17-13-9(14)4-5-10(13)15/h2-6,14-15H,1H3. The molecular formula is C11H10N2O4. The van der Waals surface area contributed by atoms with Gasteiger partial charge in [-0.1, -0.05) is 0 Å². The Balaban J connectivity index is 2.20. The Labute approximate surface area is 96.7 Å². The van der Waals surface area contributed by atoms with E-state index in [9.17, 15) is 15.0 Å². The molecule has 0 amide bonds. The number of aromatic hydroxyl groups is 2. The number of nitrogens with zero attached hydrogens (tertiary/aromatic N) is 2. The Morgan fingerprint density at radius 3 is 2.41 bits per heavy atom. The summed E-state index contributed by atoms with van der Waals surface area (Å²) in [5, 5.41) is 18.6. The molecular weight excluding hydrogens is 224 g/mol. The number of aryl methyl sites for hydroxylation is 1. The van der Waals surface area contributed by atoms with Gasteiger partial charge in [0.1, 0.15) is 0 Å². The third-order valence-corrected chi connectivity index (χ3v) is 2.12. The SMILES string of the molecule is Cc1ccc(C(=O)On2c(O)ccc2O)cn1. The maximum absolute atomic E-state index is 11.6. The highest BCUT2D eigenvalue weighted by atomic mass is 16.7. The van der Waals surface area contributed by atoms with E-state index in [1.165, 1.54) is 18.3 Å². The molecule has 0 spiro atoms. The molecule has 0 aliphatic rings. The maximum Gasteiger partial charge on any atom is 0.365 e. The molecule has 17 heavy (non-hydrogen) atoms. The lowest BCUT2D eigenvalue weighted by atomic mass is 10.2. The van der Waals surface area contributed by atoms with Crippen molar-refractivity contribution < 1.29 is 19.8 Å². The highest BCUT2D eigenvalue weighted by Crippen LogP contribution is 2.19. The summed E-state index contributed by atoms with van der Waals surface area (Å²) in [4.78, 5) is 20.3. The van der Waals surface area contributed by atoms with Crippen molar-refractivity contribution in [2.24, 2.45) is 0 Å².